The quantitative estimate of drug-likeness (QED) is 0.180. The minimum atomic E-state index is 0.0177. The molecule has 4 aromatic heterocycles. The fourth-order valence-electron chi connectivity index (χ4n) is 10.1. The molecule has 4 heterocycles. The van der Waals surface area contributed by atoms with Crippen molar-refractivity contribution >= 4 is 80.5 Å². The summed E-state index contributed by atoms with van der Waals surface area (Å²) in [5.41, 5.74) is 14.9. The summed E-state index contributed by atoms with van der Waals surface area (Å²) >= 11 is 1.84. The highest BCUT2D eigenvalue weighted by atomic mass is 32.1. The van der Waals surface area contributed by atoms with Gasteiger partial charge in [-0.25, -0.2) is 9.97 Å². The van der Waals surface area contributed by atoms with E-state index in [2.05, 4.69) is 174 Å². The molecule has 3 nitrogen and oxygen atoms in total. The Morgan fingerprint density at radius 1 is 0.526 bits per heavy atom. The van der Waals surface area contributed by atoms with Gasteiger partial charge in [0.2, 0.25) is 0 Å². The van der Waals surface area contributed by atoms with Crippen molar-refractivity contribution in [3.05, 3.63) is 187 Å². The van der Waals surface area contributed by atoms with Gasteiger partial charge in [-0.2, -0.15) is 0 Å². The fourth-order valence-corrected chi connectivity index (χ4v) is 11.3. The van der Waals surface area contributed by atoms with Crippen LogP contribution in [0.25, 0.3) is 103 Å². The molecule has 0 radical (unpaired) electrons. The van der Waals surface area contributed by atoms with Crippen LogP contribution in [-0.4, -0.2) is 14.4 Å². The van der Waals surface area contributed by atoms with Gasteiger partial charge >= 0.3 is 0 Å². The maximum absolute atomic E-state index is 5.72. The Kier molecular flexibility index (Phi) is 6.50. The molecule has 266 valence electrons. The van der Waals surface area contributed by atoms with Crippen molar-refractivity contribution in [2.75, 3.05) is 0 Å². The third-order valence-corrected chi connectivity index (χ3v) is 13.8. The molecule has 1 atom stereocenters. The first-order valence-electron chi connectivity index (χ1n) is 19.8. The van der Waals surface area contributed by atoms with Crippen LogP contribution in [0.4, 0.5) is 0 Å². The monoisotopic (exact) mass is 743 g/mol. The molecule has 4 heteroatoms. The first-order chi connectivity index (χ1) is 28.3. The predicted octanol–water partition coefficient (Wildman–Crippen LogP) is 14.2. The van der Waals surface area contributed by atoms with Gasteiger partial charge in [-0.3, -0.25) is 0 Å². The fraction of sp³-hybridized carbons (Fsp3) is 0.0566. The van der Waals surface area contributed by atoms with E-state index >= 15 is 0 Å². The Morgan fingerprint density at radius 2 is 1.19 bits per heavy atom. The number of aryl methyl sites for hydroxylation is 1. The molecule has 0 aliphatic heterocycles. The molecule has 12 aromatic rings. The van der Waals surface area contributed by atoms with E-state index in [1.54, 1.807) is 0 Å². The molecule has 8 aromatic carbocycles. The smallest absolute Gasteiger partial charge is 0.160 e. The average Bonchev–Trinajstić information content (AvgIpc) is 3.90. The molecule has 1 aliphatic carbocycles. The second-order valence-electron chi connectivity index (χ2n) is 15.5. The van der Waals surface area contributed by atoms with Crippen molar-refractivity contribution in [3.8, 4) is 33.6 Å². The number of nitrogens with zero attached hydrogens (tertiary/aromatic N) is 3. The van der Waals surface area contributed by atoms with Crippen molar-refractivity contribution in [2.45, 2.75) is 18.8 Å². The normalized spacial score (nSPS) is 14.4. The van der Waals surface area contributed by atoms with E-state index < -0.39 is 0 Å². The Labute approximate surface area is 332 Å². The molecule has 0 N–H and O–H groups in total. The molecule has 0 spiro atoms. The van der Waals surface area contributed by atoms with Gasteiger partial charge in [-0.15, -0.1) is 11.3 Å². The van der Waals surface area contributed by atoms with Gasteiger partial charge < -0.3 is 4.40 Å². The van der Waals surface area contributed by atoms with E-state index in [-0.39, 0.29) is 5.92 Å². The van der Waals surface area contributed by atoms with Crippen LogP contribution in [0.3, 0.4) is 0 Å². The largest absolute Gasteiger partial charge is 0.308 e. The first kappa shape index (κ1) is 31.3. The van der Waals surface area contributed by atoms with E-state index in [9.17, 15) is 0 Å². The van der Waals surface area contributed by atoms with Crippen LogP contribution in [0, 0.1) is 0 Å². The second kappa shape index (κ2) is 11.8. The summed E-state index contributed by atoms with van der Waals surface area (Å²) in [7, 11) is 0. The van der Waals surface area contributed by atoms with Gasteiger partial charge in [0.15, 0.2) is 5.82 Å². The van der Waals surface area contributed by atoms with Gasteiger partial charge in [0.05, 0.1) is 32.5 Å². The standard InChI is InChI=1S/C53H33N3S/c1-2-12-31(13-3-1)32-22-24-34(25-23-32)53-54-49-40-18-8-11-21-46(40)57-52(49)50(55-53)41-29-28-36-35-15-5-4-14-33(35)26-27-37(36)42-30-43-38-16-6-9-19-44(38)56-45-20-10-7-17-39(45)48(47(41)42)51(43)56/h1-27,30,41H,28-29H2. The minimum absolute atomic E-state index is 0.0177. The number of para-hydroxylation sites is 2. The second-order valence-corrected chi connectivity index (χ2v) is 16.6. The van der Waals surface area contributed by atoms with Crippen molar-refractivity contribution in [2.24, 2.45) is 0 Å². The summed E-state index contributed by atoms with van der Waals surface area (Å²) < 4.78 is 4.95. The van der Waals surface area contributed by atoms with Gasteiger partial charge in [-0.1, -0.05) is 146 Å². The summed E-state index contributed by atoms with van der Waals surface area (Å²) in [5.74, 6) is 0.797. The van der Waals surface area contributed by atoms with Crippen LogP contribution in [0.2, 0.25) is 0 Å². The third-order valence-electron chi connectivity index (χ3n) is 12.6. The van der Waals surface area contributed by atoms with Gasteiger partial charge in [0, 0.05) is 43.1 Å². The summed E-state index contributed by atoms with van der Waals surface area (Å²) in [5, 5.41) is 9.08. The third kappa shape index (κ3) is 4.42. The van der Waals surface area contributed by atoms with Gasteiger partial charge in [0.25, 0.3) is 0 Å². The van der Waals surface area contributed by atoms with Gasteiger partial charge in [-0.05, 0) is 81.3 Å². The maximum Gasteiger partial charge on any atom is 0.160 e. The van der Waals surface area contributed by atoms with Crippen molar-refractivity contribution in [3.63, 3.8) is 0 Å². The SMILES string of the molecule is c1ccc(-c2ccc(-c3nc(C4CCc5c(ccc6ccccc56)-c5cc6c7ccccc7n7c8ccccc8c(c54)c67)c4sc5ccccc5c4n3)cc2)cc1. The number of fused-ring (bicyclic) bond motifs is 15. The molecule has 0 bridgehead atoms. The lowest BCUT2D eigenvalue weighted by Gasteiger charge is -2.21. The van der Waals surface area contributed by atoms with Crippen LogP contribution in [0.15, 0.2) is 170 Å². The van der Waals surface area contributed by atoms with E-state index in [0.29, 0.717) is 0 Å². The Bertz CT molecular complexity index is 3580. The molecule has 0 saturated carbocycles. The molecule has 0 saturated heterocycles. The van der Waals surface area contributed by atoms with E-state index in [4.69, 9.17) is 9.97 Å². The lowest BCUT2D eigenvalue weighted by molar-refractivity contribution is 0.718. The zero-order chi connectivity index (χ0) is 37.2. The minimum Gasteiger partial charge on any atom is -0.308 e. The number of thiophene rings is 1. The zero-order valence-electron chi connectivity index (χ0n) is 30.9. The topological polar surface area (TPSA) is 30.2 Å². The van der Waals surface area contributed by atoms with E-state index in [1.807, 2.05) is 11.3 Å². The highest BCUT2D eigenvalue weighted by Gasteiger charge is 2.33. The lowest BCUT2D eigenvalue weighted by Crippen LogP contribution is -2.08. The van der Waals surface area contributed by atoms with E-state index in [1.165, 1.54) is 97.0 Å². The van der Waals surface area contributed by atoms with Gasteiger partial charge in [0.1, 0.15) is 0 Å². The summed E-state index contributed by atoms with van der Waals surface area (Å²) in [6.07, 6.45) is 1.88. The van der Waals surface area contributed by atoms with Crippen LogP contribution in [0.1, 0.15) is 29.2 Å². The summed E-state index contributed by atoms with van der Waals surface area (Å²) in [6, 6.07) is 62.3. The lowest BCUT2D eigenvalue weighted by atomic mass is 9.84. The number of rotatable bonds is 3. The van der Waals surface area contributed by atoms with Crippen LogP contribution in [0.5, 0.6) is 0 Å². The van der Waals surface area contributed by atoms with E-state index in [0.717, 1.165) is 35.4 Å². The Hall–Kier alpha value is -6.88. The number of hydrogen-bond donors (Lipinski definition) is 0. The molecule has 0 fully saturated rings. The number of hydrogen-bond acceptors (Lipinski definition) is 3. The molecule has 0 amide bonds. The number of aromatic nitrogens is 3. The molecule has 1 unspecified atom stereocenters. The van der Waals surface area contributed by atoms with Crippen LogP contribution < -0.4 is 0 Å². The first-order valence-corrected chi connectivity index (χ1v) is 20.7. The molecular formula is C53H33N3S. The molecule has 1 aliphatic rings. The zero-order valence-corrected chi connectivity index (χ0v) is 31.7. The summed E-state index contributed by atoms with van der Waals surface area (Å²) in [6.45, 7) is 0. The Balaban J connectivity index is 1.15. The maximum atomic E-state index is 5.72. The predicted molar refractivity (Wildman–Crippen MR) is 240 cm³/mol. The Morgan fingerprint density at radius 3 is 2.04 bits per heavy atom. The van der Waals surface area contributed by atoms with Crippen molar-refractivity contribution in [1.82, 2.24) is 14.4 Å². The van der Waals surface area contributed by atoms with Crippen molar-refractivity contribution < 1.29 is 0 Å². The molecule has 57 heavy (non-hydrogen) atoms. The summed E-state index contributed by atoms with van der Waals surface area (Å²) in [4.78, 5) is 11.1. The van der Waals surface area contributed by atoms with Crippen LogP contribution in [-0.2, 0) is 6.42 Å². The van der Waals surface area contributed by atoms with Crippen LogP contribution >= 0.6 is 11.3 Å². The van der Waals surface area contributed by atoms with Crippen molar-refractivity contribution in [1.29, 1.82) is 0 Å². The molecular weight excluding hydrogens is 711 g/mol. The average molecular weight is 744 g/mol. The highest BCUT2D eigenvalue weighted by Crippen LogP contribution is 2.53. The highest BCUT2D eigenvalue weighted by molar-refractivity contribution is 7.25. The number of benzene rings is 8. The molecule has 13 rings (SSSR count).